The minimum Gasteiger partial charge on any atom is -0.456 e. The van der Waals surface area contributed by atoms with Crippen molar-refractivity contribution in [3.8, 4) is 0 Å². The van der Waals surface area contributed by atoms with Gasteiger partial charge in [0.15, 0.2) is 23.6 Å². The highest BCUT2D eigenvalue weighted by molar-refractivity contribution is 5.96. The number of carbonyl (C=O) groups excluding carboxylic acids is 6. The first-order valence-corrected chi connectivity index (χ1v) is 21.3. The van der Waals surface area contributed by atoms with Crippen molar-refractivity contribution in [3.63, 3.8) is 0 Å². The number of hydrogen-bond donors (Lipinski definition) is 4. The highest BCUT2D eigenvalue weighted by atomic mass is 16.6. The lowest BCUT2D eigenvalue weighted by molar-refractivity contribution is -0.345. The third-order valence-electron chi connectivity index (χ3n) is 14.0. The van der Waals surface area contributed by atoms with Crippen molar-refractivity contribution in [2.75, 3.05) is 6.61 Å². The first-order valence-electron chi connectivity index (χ1n) is 21.3. The summed E-state index contributed by atoms with van der Waals surface area (Å²) in [5, 5.41) is 40.6. The van der Waals surface area contributed by atoms with E-state index in [0.29, 0.717) is 11.1 Å². The van der Waals surface area contributed by atoms with Gasteiger partial charge in [-0.15, -0.1) is 0 Å². The van der Waals surface area contributed by atoms with E-state index in [0.717, 1.165) is 13.0 Å². The lowest BCUT2D eigenvalue weighted by Gasteiger charge is -2.67. The van der Waals surface area contributed by atoms with Gasteiger partial charge in [0, 0.05) is 36.8 Å². The van der Waals surface area contributed by atoms with E-state index < -0.39 is 113 Å². The van der Waals surface area contributed by atoms with Gasteiger partial charge >= 0.3 is 23.9 Å². The average Bonchev–Trinajstić information content (AvgIpc) is 3.29. The summed E-state index contributed by atoms with van der Waals surface area (Å²) in [4.78, 5) is 84.4. The van der Waals surface area contributed by atoms with Crippen LogP contribution >= 0.6 is 0 Å². The second-order valence-corrected chi connectivity index (χ2v) is 17.8. The van der Waals surface area contributed by atoms with Gasteiger partial charge in [-0.3, -0.25) is 14.4 Å². The Kier molecular flexibility index (Phi) is 12.7. The number of ketones is 1. The Hall–Kier alpha value is -6.26. The first kappa shape index (κ1) is 46.7. The van der Waals surface area contributed by atoms with Crippen molar-refractivity contribution in [3.05, 3.63) is 138 Å². The predicted molar refractivity (Wildman–Crippen MR) is 232 cm³/mol. The molecule has 7 rings (SSSR count). The van der Waals surface area contributed by atoms with Crippen LogP contribution in [0.2, 0.25) is 0 Å². The number of esters is 4. The summed E-state index contributed by atoms with van der Waals surface area (Å²) in [5.74, 6) is -7.18. The molecule has 3 aromatic carbocycles. The predicted octanol–water partition coefficient (Wildman–Crippen LogP) is 4.54. The third kappa shape index (κ3) is 7.79. The van der Waals surface area contributed by atoms with E-state index in [4.69, 9.17) is 23.7 Å². The van der Waals surface area contributed by atoms with Crippen molar-refractivity contribution in [2.24, 2.45) is 16.7 Å². The second-order valence-electron chi connectivity index (χ2n) is 17.8. The Morgan fingerprint density at radius 1 is 0.892 bits per heavy atom. The van der Waals surface area contributed by atoms with Gasteiger partial charge in [-0.05, 0) is 60.4 Å². The molecule has 0 aromatic heterocycles. The van der Waals surface area contributed by atoms with E-state index in [1.54, 1.807) is 86.6 Å². The van der Waals surface area contributed by atoms with Crippen LogP contribution in [0.5, 0.6) is 0 Å². The van der Waals surface area contributed by atoms with E-state index in [1.807, 2.05) is 0 Å². The number of benzene rings is 3. The zero-order valence-corrected chi connectivity index (χ0v) is 36.7. The van der Waals surface area contributed by atoms with Gasteiger partial charge in [-0.2, -0.15) is 0 Å². The number of hydrogen-bond acceptors (Lipinski definition) is 14. The van der Waals surface area contributed by atoms with Crippen LogP contribution < -0.4 is 5.32 Å². The number of aliphatic hydroxyl groups is 3. The van der Waals surface area contributed by atoms with Crippen molar-refractivity contribution in [2.45, 2.75) is 101 Å². The molecule has 2 bridgehead atoms. The normalized spacial score (nSPS) is 30.8. The van der Waals surface area contributed by atoms with Gasteiger partial charge in [-0.1, -0.05) is 93.7 Å². The molecule has 1 heterocycles. The van der Waals surface area contributed by atoms with Crippen LogP contribution in [0.4, 0.5) is 0 Å². The lowest BCUT2D eigenvalue weighted by Crippen LogP contribution is -2.82. The maximum Gasteiger partial charge on any atom is 0.338 e. The fourth-order valence-corrected chi connectivity index (χ4v) is 10.4. The Balaban J connectivity index is 1.40. The minimum atomic E-state index is -2.44. The molecule has 1 aliphatic heterocycles. The van der Waals surface area contributed by atoms with Crippen molar-refractivity contribution in [1.82, 2.24) is 5.32 Å². The standard InChI is InChI=1S/C50H53NO14/c1-8-29-18-16-17-23-32(29)38(51-44(57)30-19-12-10-13-20-30)39(55)46(59)63-33-25-50(60)43(64-45(58)31-21-14-11-15-22-31)41-48(7,34(53)24-35-49(41,26-61-35)65-36(54)9-2)42(56)40(62-28(4)52)37(27(33)3)47(50,5)6/h8-23,33-35,38-41,43,53,55,60H,1-2,24-26H2,3-7H3,(H,51,57)/t33-,34-,35+,38-,39+,40+,41-,43-,48+,49-,50+/m0/s1. The largest absolute Gasteiger partial charge is 0.456 e. The fraction of sp³-hybridized carbons (Fsp3) is 0.400. The van der Waals surface area contributed by atoms with Crippen LogP contribution in [-0.2, 0) is 42.9 Å². The SMILES string of the molecule is C=CC(=O)O[C@@]12CO[C@@H]1C[C@H](O)[C@@]1(C)C(=O)[C@H](OC(C)=O)C3=C(C)[C@@H](OC(=O)[C@H](O)[C@@H](NC(=O)c4ccccc4)c4ccccc4C=C)C[C@@](O)([C@@H](OC(=O)c4ccccc4)[C@H]21)C3(C)C. The van der Waals surface area contributed by atoms with Crippen molar-refractivity contribution in [1.29, 1.82) is 0 Å². The third-order valence-corrected chi connectivity index (χ3v) is 14.0. The average molecular weight is 892 g/mol. The summed E-state index contributed by atoms with van der Waals surface area (Å²) >= 11 is 0. The molecule has 15 nitrogen and oxygen atoms in total. The van der Waals surface area contributed by atoms with E-state index in [-0.39, 0.29) is 35.3 Å². The fourth-order valence-electron chi connectivity index (χ4n) is 10.4. The van der Waals surface area contributed by atoms with Crippen LogP contribution in [0.3, 0.4) is 0 Å². The van der Waals surface area contributed by atoms with Gasteiger partial charge < -0.3 is 44.3 Å². The molecule has 3 fully saturated rings. The summed E-state index contributed by atoms with van der Waals surface area (Å²) in [6.45, 7) is 14.1. The number of nitrogens with one attached hydrogen (secondary N) is 1. The van der Waals surface area contributed by atoms with Gasteiger partial charge in [0.05, 0.1) is 35.6 Å². The smallest absolute Gasteiger partial charge is 0.338 e. The summed E-state index contributed by atoms with van der Waals surface area (Å²) in [6, 6.07) is 21.2. The van der Waals surface area contributed by atoms with E-state index in [2.05, 4.69) is 18.5 Å². The molecule has 3 aromatic rings. The van der Waals surface area contributed by atoms with Crippen LogP contribution in [0.15, 0.2) is 115 Å². The molecule has 15 heteroatoms. The zero-order valence-electron chi connectivity index (χ0n) is 36.7. The summed E-state index contributed by atoms with van der Waals surface area (Å²) in [7, 11) is 0. The molecule has 3 aliphatic carbocycles. The number of fused-ring (bicyclic) bond motifs is 5. The van der Waals surface area contributed by atoms with Crippen molar-refractivity contribution < 1.29 is 67.8 Å². The number of amides is 1. The molecular weight excluding hydrogens is 839 g/mol. The zero-order chi connectivity index (χ0) is 47.2. The number of ether oxygens (including phenoxy) is 5. The van der Waals surface area contributed by atoms with Gasteiger partial charge in [-0.25, -0.2) is 14.4 Å². The monoisotopic (exact) mass is 891 g/mol. The number of rotatable bonds is 12. The molecule has 342 valence electrons. The van der Waals surface area contributed by atoms with Crippen LogP contribution in [0, 0.1) is 16.7 Å². The minimum absolute atomic E-state index is 0.0265. The summed E-state index contributed by atoms with van der Waals surface area (Å²) < 4.78 is 30.4. The van der Waals surface area contributed by atoms with E-state index >= 15 is 4.79 Å². The quantitative estimate of drug-likeness (QED) is 0.0849. The maximum atomic E-state index is 15.6. The lowest BCUT2D eigenvalue weighted by atomic mass is 9.44. The van der Waals surface area contributed by atoms with Gasteiger partial charge in [0.1, 0.15) is 23.9 Å². The molecule has 2 saturated carbocycles. The summed E-state index contributed by atoms with van der Waals surface area (Å²) in [5.41, 5.74) is -6.87. The van der Waals surface area contributed by atoms with Crippen LogP contribution in [-0.4, -0.2) is 105 Å². The number of aliphatic hydroxyl groups excluding tert-OH is 2. The second kappa shape index (κ2) is 17.6. The van der Waals surface area contributed by atoms with Crippen LogP contribution in [0.1, 0.15) is 85.3 Å². The highest BCUT2D eigenvalue weighted by Gasteiger charge is 2.78. The molecule has 0 unspecified atom stereocenters. The molecule has 11 atom stereocenters. The number of Topliss-reactive ketones (excluding diaryl/α,β-unsaturated/α-hetero) is 1. The Morgan fingerprint density at radius 2 is 1.51 bits per heavy atom. The van der Waals surface area contributed by atoms with Gasteiger partial charge in [0.25, 0.3) is 5.91 Å². The number of carbonyl (C=O) groups is 6. The Morgan fingerprint density at radius 3 is 2.09 bits per heavy atom. The Labute approximate surface area is 376 Å². The van der Waals surface area contributed by atoms with Crippen LogP contribution in [0.25, 0.3) is 6.08 Å². The molecule has 65 heavy (non-hydrogen) atoms. The first-order chi connectivity index (χ1) is 30.8. The molecule has 1 saturated heterocycles. The van der Waals surface area contributed by atoms with E-state index in [9.17, 15) is 39.3 Å². The molecule has 0 spiro atoms. The molecule has 4 N–H and O–H groups in total. The molecular formula is C50H53NO14. The summed E-state index contributed by atoms with van der Waals surface area (Å²) in [6.07, 6.45) is -8.47. The molecule has 0 radical (unpaired) electrons. The Bertz CT molecular complexity index is 2450. The van der Waals surface area contributed by atoms with E-state index in [1.165, 1.54) is 32.1 Å². The topological polar surface area (TPSA) is 221 Å². The highest BCUT2D eigenvalue weighted by Crippen LogP contribution is 2.64. The molecule has 1 amide bonds. The van der Waals surface area contributed by atoms with Crippen molar-refractivity contribution >= 4 is 41.6 Å². The maximum absolute atomic E-state index is 15.6. The molecule has 4 aliphatic rings. The van der Waals surface area contributed by atoms with Gasteiger partial charge in [0.2, 0.25) is 0 Å².